The molecule has 2 unspecified atom stereocenters. The molecule has 3 nitrogen and oxygen atoms in total. The Kier molecular flexibility index (Phi) is 6.36. The van der Waals surface area contributed by atoms with E-state index >= 15 is 0 Å². The topological polar surface area (TPSA) is 21.7 Å². The van der Waals surface area contributed by atoms with E-state index in [0.29, 0.717) is 18.7 Å². The van der Waals surface area contributed by atoms with Gasteiger partial charge in [-0.2, -0.15) is 0 Å². The summed E-state index contributed by atoms with van der Waals surface area (Å²) in [6.07, 6.45) is 3.95. The summed E-state index contributed by atoms with van der Waals surface area (Å²) in [5.74, 6) is 1.85. The van der Waals surface area contributed by atoms with Crippen molar-refractivity contribution in [3.8, 4) is 11.5 Å². The Morgan fingerprint density at radius 3 is 2.34 bits per heavy atom. The molecule has 3 aromatic rings. The zero-order chi connectivity index (χ0) is 20.1. The second-order valence-electron chi connectivity index (χ2n) is 8.13. The van der Waals surface area contributed by atoms with Crippen LogP contribution >= 0.6 is 0 Å². The minimum absolute atomic E-state index is 0.553. The number of fused-ring (bicyclic) bond motifs is 1. The Labute approximate surface area is 174 Å². The molecule has 0 amide bonds. The Bertz CT molecular complexity index is 906. The van der Waals surface area contributed by atoms with Crippen LogP contribution in [0.4, 0.5) is 0 Å². The summed E-state index contributed by atoms with van der Waals surface area (Å²) in [7, 11) is 0. The van der Waals surface area contributed by atoms with Gasteiger partial charge in [0.25, 0.3) is 0 Å². The molecule has 0 spiro atoms. The van der Waals surface area contributed by atoms with E-state index in [1.54, 1.807) is 0 Å². The molecule has 0 aromatic heterocycles. The van der Waals surface area contributed by atoms with Crippen molar-refractivity contribution in [3.05, 3.63) is 72.3 Å². The molecule has 1 fully saturated rings. The second-order valence-corrected chi connectivity index (χ2v) is 8.13. The smallest absolute Gasteiger partial charge is 0.127 e. The molecule has 2 atom stereocenters. The first-order valence-electron chi connectivity index (χ1n) is 10.8. The van der Waals surface area contributed by atoms with E-state index in [0.717, 1.165) is 35.6 Å². The number of nitrogens with zero attached hydrogens (tertiary/aromatic N) is 1. The largest absolute Gasteiger partial charge is 0.492 e. The van der Waals surface area contributed by atoms with E-state index < -0.39 is 0 Å². The summed E-state index contributed by atoms with van der Waals surface area (Å²) >= 11 is 0. The van der Waals surface area contributed by atoms with Crippen molar-refractivity contribution in [2.75, 3.05) is 13.2 Å². The Hall–Kier alpha value is -2.52. The Morgan fingerprint density at radius 2 is 1.55 bits per heavy atom. The fraction of sp³-hybridized carbons (Fsp3) is 0.385. The molecule has 152 valence electrons. The summed E-state index contributed by atoms with van der Waals surface area (Å²) in [6.45, 7) is 6.95. The molecular formula is C26H31NO2. The monoisotopic (exact) mass is 389 g/mol. The van der Waals surface area contributed by atoms with Crippen LogP contribution in [0.25, 0.3) is 10.8 Å². The molecular weight excluding hydrogens is 358 g/mol. The molecule has 0 aliphatic carbocycles. The molecule has 29 heavy (non-hydrogen) atoms. The van der Waals surface area contributed by atoms with Crippen LogP contribution in [-0.4, -0.2) is 30.1 Å². The number of hydrogen-bond acceptors (Lipinski definition) is 3. The van der Waals surface area contributed by atoms with Gasteiger partial charge in [-0.25, -0.2) is 0 Å². The molecule has 1 aliphatic rings. The second kappa shape index (κ2) is 9.32. The standard InChI is InChI=1S/C26H31NO2/c1-20-7-5-8-21(2)27(20)17-18-28-24-15-13-22(14-16-24)19-29-26-12-6-10-23-9-3-4-11-25(23)26/h3-4,6,9-16,20-21H,5,7-8,17-19H2,1-2H3. The van der Waals surface area contributed by atoms with E-state index in [-0.39, 0.29) is 0 Å². The lowest BCUT2D eigenvalue weighted by atomic mass is 9.98. The Balaban J connectivity index is 1.29. The third-order valence-corrected chi connectivity index (χ3v) is 6.06. The van der Waals surface area contributed by atoms with Gasteiger partial charge in [0.05, 0.1) is 0 Å². The predicted molar refractivity (Wildman–Crippen MR) is 120 cm³/mol. The number of rotatable bonds is 7. The van der Waals surface area contributed by atoms with Crippen LogP contribution in [0.15, 0.2) is 66.7 Å². The van der Waals surface area contributed by atoms with Gasteiger partial charge < -0.3 is 9.47 Å². The molecule has 3 heteroatoms. The van der Waals surface area contributed by atoms with E-state index in [4.69, 9.17) is 9.47 Å². The fourth-order valence-corrected chi connectivity index (χ4v) is 4.35. The van der Waals surface area contributed by atoms with E-state index in [1.165, 1.54) is 24.6 Å². The third kappa shape index (κ3) is 4.91. The minimum atomic E-state index is 0.553. The number of benzene rings is 3. The molecule has 4 rings (SSSR count). The fourth-order valence-electron chi connectivity index (χ4n) is 4.35. The van der Waals surface area contributed by atoms with Crippen molar-refractivity contribution >= 4 is 10.8 Å². The van der Waals surface area contributed by atoms with Crippen LogP contribution in [0.3, 0.4) is 0 Å². The van der Waals surface area contributed by atoms with Gasteiger partial charge in [-0.3, -0.25) is 4.90 Å². The zero-order valence-electron chi connectivity index (χ0n) is 17.5. The molecule has 1 saturated heterocycles. The van der Waals surface area contributed by atoms with Crippen LogP contribution < -0.4 is 9.47 Å². The van der Waals surface area contributed by atoms with E-state index in [2.05, 4.69) is 55.1 Å². The van der Waals surface area contributed by atoms with E-state index in [9.17, 15) is 0 Å². The van der Waals surface area contributed by atoms with Gasteiger partial charge in [0.2, 0.25) is 0 Å². The summed E-state index contributed by atoms with van der Waals surface area (Å²) in [5.41, 5.74) is 1.14. The number of likely N-dealkylation sites (tertiary alicyclic amines) is 1. The molecule has 3 aromatic carbocycles. The average molecular weight is 390 g/mol. The lowest BCUT2D eigenvalue weighted by Crippen LogP contribution is -2.45. The van der Waals surface area contributed by atoms with Crippen molar-refractivity contribution in [1.29, 1.82) is 0 Å². The summed E-state index contributed by atoms with van der Waals surface area (Å²) < 4.78 is 12.1. The molecule has 1 heterocycles. The molecule has 0 N–H and O–H groups in total. The normalized spacial score (nSPS) is 19.9. The molecule has 0 saturated carbocycles. The predicted octanol–water partition coefficient (Wildman–Crippen LogP) is 6.06. The maximum atomic E-state index is 6.08. The first kappa shape index (κ1) is 19.8. The highest BCUT2D eigenvalue weighted by Gasteiger charge is 2.24. The van der Waals surface area contributed by atoms with Crippen molar-refractivity contribution in [2.45, 2.75) is 51.8 Å². The molecule has 1 aliphatic heterocycles. The van der Waals surface area contributed by atoms with Crippen LogP contribution in [0.2, 0.25) is 0 Å². The van der Waals surface area contributed by atoms with Crippen molar-refractivity contribution < 1.29 is 9.47 Å². The minimum Gasteiger partial charge on any atom is -0.492 e. The number of ether oxygens (including phenoxy) is 2. The van der Waals surface area contributed by atoms with Gasteiger partial charge in [0, 0.05) is 24.0 Å². The Morgan fingerprint density at radius 1 is 0.828 bits per heavy atom. The van der Waals surface area contributed by atoms with Crippen LogP contribution in [0.1, 0.15) is 38.7 Å². The van der Waals surface area contributed by atoms with Crippen LogP contribution in [0.5, 0.6) is 11.5 Å². The maximum Gasteiger partial charge on any atom is 0.127 e. The highest BCUT2D eigenvalue weighted by molar-refractivity contribution is 5.88. The van der Waals surface area contributed by atoms with Gasteiger partial charge in [-0.05, 0) is 55.8 Å². The summed E-state index contributed by atoms with van der Waals surface area (Å²) in [4.78, 5) is 2.58. The van der Waals surface area contributed by atoms with Crippen molar-refractivity contribution in [1.82, 2.24) is 4.90 Å². The summed E-state index contributed by atoms with van der Waals surface area (Å²) in [5, 5.41) is 2.35. The highest BCUT2D eigenvalue weighted by atomic mass is 16.5. The van der Waals surface area contributed by atoms with Crippen LogP contribution in [-0.2, 0) is 6.61 Å². The van der Waals surface area contributed by atoms with E-state index in [1.807, 2.05) is 30.3 Å². The summed E-state index contributed by atoms with van der Waals surface area (Å²) in [6, 6.07) is 24.1. The SMILES string of the molecule is CC1CCCC(C)N1CCOc1ccc(COc2cccc3ccccc23)cc1. The molecule has 0 bridgehead atoms. The first-order valence-corrected chi connectivity index (χ1v) is 10.8. The van der Waals surface area contributed by atoms with Gasteiger partial charge in [0.1, 0.15) is 24.7 Å². The van der Waals surface area contributed by atoms with Crippen molar-refractivity contribution in [3.63, 3.8) is 0 Å². The van der Waals surface area contributed by atoms with Crippen LogP contribution in [0, 0.1) is 0 Å². The quantitative estimate of drug-likeness (QED) is 0.490. The van der Waals surface area contributed by atoms with Gasteiger partial charge in [-0.15, -0.1) is 0 Å². The first-order chi connectivity index (χ1) is 14.2. The zero-order valence-corrected chi connectivity index (χ0v) is 17.5. The molecule has 0 radical (unpaired) electrons. The maximum absolute atomic E-state index is 6.08. The van der Waals surface area contributed by atoms with Gasteiger partial charge >= 0.3 is 0 Å². The number of piperidine rings is 1. The average Bonchev–Trinajstić information content (AvgIpc) is 2.75. The van der Waals surface area contributed by atoms with Gasteiger partial charge in [-0.1, -0.05) is 55.0 Å². The van der Waals surface area contributed by atoms with Crippen molar-refractivity contribution in [2.24, 2.45) is 0 Å². The van der Waals surface area contributed by atoms with Gasteiger partial charge in [0.15, 0.2) is 0 Å². The third-order valence-electron chi connectivity index (χ3n) is 6.06. The lowest BCUT2D eigenvalue weighted by Gasteiger charge is -2.38. The number of hydrogen-bond donors (Lipinski definition) is 0. The lowest BCUT2D eigenvalue weighted by molar-refractivity contribution is 0.0851. The highest BCUT2D eigenvalue weighted by Crippen LogP contribution is 2.26.